The van der Waals surface area contributed by atoms with Crippen molar-refractivity contribution in [2.75, 3.05) is 17.6 Å². The molecule has 0 bridgehead atoms. The van der Waals surface area contributed by atoms with Gasteiger partial charge in [-0.25, -0.2) is 8.78 Å². The Bertz CT molecular complexity index is 493. The molecule has 1 heterocycles. The molecule has 90 valence electrons. The van der Waals surface area contributed by atoms with E-state index in [-0.39, 0.29) is 0 Å². The summed E-state index contributed by atoms with van der Waals surface area (Å²) in [5.74, 6) is -0.640. The number of nitrogens with two attached hydrogens (primary N) is 1. The third kappa shape index (κ3) is 3.39. The number of anilines is 2. The van der Waals surface area contributed by atoms with E-state index in [1.165, 1.54) is 23.7 Å². The van der Waals surface area contributed by atoms with Gasteiger partial charge in [0.1, 0.15) is 22.5 Å². The smallest absolute Gasteiger partial charge is 0.139 e. The highest BCUT2D eigenvalue weighted by Gasteiger charge is 2.01. The van der Waals surface area contributed by atoms with Gasteiger partial charge < -0.3 is 11.1 Å². The van der Waals surface area contributed by atoms with Crippen LogP contribution in [0.15, 0.2) is 24.3 Å². The molecule has 0 saturated carbocycles. The Morgan fingerprint density at radius 2 is 1.88 bits per heavy atom. The van der Waals surface area contributed by atoms with Gasteiger partial charge in [-0.15, -0.1) is 0 Å². The molecule has 0 fully saturated rings. The van der Waals surface area contributed by atoms with Crippen molar-refractivity contribution in [3.63, 3.8) is 0 Å². The number of nitrogens with zero attached hydrogens (tertiary/aromatic N) is 1. The SMILES string of the molecule is Nc1cc(NCCc2cc(F)cc(F)c2)sn1. The second kappa shape index (κ2) is 5.09. The molecule has 2 aromatic rings. The molecule has 3 nitrogen and oxygen atoms in total. The summed E-state index contributed by atoms with van der Waals surface area (Å²) in [6, 6.07) is 5.23. The molecule has 1 aromatic heterocycles. The van der Waals surface area contributed by atoms with Gasteiger partial charge in [-0.2, -0.15) is 4.37 Å². The summed E-state index contributed by atoms with van der Waals surface area (Å²) < 4.78 is 29.7. The van der Waals surface area contributed by atoms with E-state index in [2.05, 4.69) is 9.69 Å². The number of hydrogen-bond acceptors (Lipinski definition) is 4. The lowest BCUT2D eigenvalue weighted by atomic mass is 10.1. The van der Waals surface area contributed by atoms with E-state index in [1.54, 1.807) is 6.07 Å². The predicted molar refractivity (Wildman–Crippen MR) is 65.1 cm³/mol. The Hall–Kier alpha value is -1.69. The summed E-state index contributed by atoms with van der Waals surface area (Å²) in [5, 5.41) is 3.93. The molecular formula is C11H11F2N3S. The maximum atomic E-state index is 12.9. The van der Waals surface area contributed by atoms with Crippen LogP contribution in [0.1, 0.15) is 5.56 Å². The molecule has 0 atom stereocenters. The Morgan fingerprint density at radius 3 is 2.47 bits per heavy atom. The number of hydrogen-bond donors (Lipinski definition) is 2. The fourth-order valence-corrected chi connectivity index (χ4v) is 2.05. The van der Waals surface area contributed by atoms with Crippen LogP contribution in [-0.4, -0.2) is 10.9 Å². The van der Waals surface area contributed by atoms with Gasteiger partial charge in [0.25, 0.3) is 0 Å². The minimum atomic E-state index is -0.554. The summed E-state index contributed by atoms with van der Waals surface area (Å²) in [6.07, 6.45) is 0.534. The maximum Gasteiger partial charge on any atom is 0.139 e. The van der Waals surface area contributed by atoms with Crippen molar-refractivity contribution in [3.05, 3.63) is 41.5 Å². The van der Waals surface area contributed by atoms with Crippen molar-refractivity contribution in [3.8, 4) is 0 Å². The number of benzene rings is 1. The first-order valence-corrected chi connectivity index (χ1v) is 5.82. The minimum absolute atomic E-state index is 0.467. The van der Waals surface area contributed by atoms with Gasteiger partial charge in [-0.3, -0.25) is 0 Å². The zero-order chi connectivity index (χ0) is 12.3. The molecule has 2 rings (SSSR count). The van der Waals surface area contributed by atoms with E-state index in [1.807, 2.05) is 0 Å². The quantitative estimate of drug-likeness (QED) is 0.883. The van der Waals surface area contributed by atoms with Gasteiger partial charge in [0, 0.05) is 18.7 Å². The van der Waals surface area contributed by atoms with Crippen molar-refractivity contribution in [1.82, 2.24) is 4.37 Å². The van der Waals surface area contributed by atoms with Crippen molar-refractivity contribution >= 4 is 22.4 Å². The highest BCUT2D eigenvalue weighted by atomic mass is 32.1. The molecule has 0 aliphatic carbocycles. The molecule has 1 aromatic carbocycles. The zero-order valence-electron chi connectivity index (χ0n) is 8.91. The summed E-state index contributed by atoms with van der Waals surface area (Å²) in [4.78, 5) is 0. The molecule has 6 heteroatoms. The lowest BCUT2D eigenvalue weighted by Gasteiger charge is -2.03. The maximum absolute atomic E-state index is 12.9. The van der Waals surface area contributed by atoms with Crippen LogP contribution in [0.5, 0.6) is 0 Å². The molecular weight excluding hydrogens is 244 g/mol. The molecule has 0 spiro atoms. The lowest BCUT2D eigenvalue weighted by Crippen LogP contribution is -2.04. The van der Waals surface area contributed by atoms with E-state index < -0.39 is 11.6 Å². The van der Waals surface area contributed by atoms with Gasteiger partial charge in [-0.1, -0.05) is 0 Å². The zero-order valence-corrected chi connectivity index (χ0v) is 9.73. The Morgan fingerprint density at radius 1 is 1.18 bits per heavy atom. The number of nitrogens with one attached hydrogen (secondary N) is 1. The largest absolute Gasteiger partial charge is 0.383 e. The van der Waals surface area contributed by atoms with Crippen LogP contribution >= 0.6 is 11.5 Å². The van der Waals surface area contributed by atoms with Crippen LogP contribution < -0.4 is 11.1 Å². The molecule has 0 aliphatic heterocycles. The van der Waals surface area contributed by atoms with E-state index >= 15 is 0 Å². The van der Waals surface area contributed by atoms with E-state index in [9.17, 15) is 8.78 Å². The number of aromatic nitrogens is 1. The van der Waals surface area contributed by atoms with Crippen LogP contribution in [0.3, 0.4) is 0 Å². The Balaban J connectivity index is 1.89. The fraction of sp³-hybridized carbons (Fsp3) is 0.182. The first-order chi connectivity index (χ1) is 8.13. The van der Waals surface area contributed by atoms with Crippen molar-refractivity contribution < 1.29 is 8.78 Å². The molecule has 0 amide bonds. The van der Waals surface area contributed by atoms with Gasteiger partial charge in [0.15, 0.2) is 0 Å². The molecule has 0 aliphatic rings. The third-order valence-electron chi connectivity index (χ3n) is 2.16. The second-order valence-electron chi connectivity index (χ2n) is 3.57. The molecule has 0 unspecified atom stereocenters. The normalized spacial score (nSPS) is 10.5. The van der Waals surface area contributed by atoms with Crippen LogP contribution in [0, 0.1) is 11.6 Å². The molecule has 0 saturated heterocycles. The van der Waals surface area contributed by atoms with E-state index in [0.717, 1.165) is 11.1 Å². The minimum Gasteiger partial charge on any atom is -0.383 e. The summed E-state index contributed by atoms with van der Waals surface area (Å²) in [5.41, 5.74) is 6.08. The first-order valence-electron chi connectivity index (χ1n) is 5.04. The van der Waals surface area contributed by atoms with Gasteiger partial charge in [0.05, 0.1) is 0 Å². The summed E-state index contributed by atoms with van der Waals surface area (Å²) >= 11 is 1.26. The van der Waals surface area contributed by atoms with Crippen molar-refractivity contribution in [1.29, 1.82) is 0 Å². The van der Waals surface area contributed by atoms with Crippen molar-refractivity contribution in [2.24, 2.45) is 0 Å². The number of halogens is 2. The average Bonchev–Trinajstić information content (AvgIpc) is 2.63. The Kier molecular flexibility index (Phi) is 3.53. The number of nitrogen functional groups attached to an aromatic ring is 1. The lowest BCUT2D eigenvalue weighted by molar-refractivity contribution is 0.580. The third-order valence-corrected chi connectivity index (χ3v) is 2.92. The van der Waals surface area contributed by atoms with E-state index in [0.29, 0.717) is 24.3 Å². The molecule has 3 N–H and O–H groups in total. The standard InChI is InChI=1S/C11H11F2N3S/c12-8-3-7(4-9(13)5-8)1-2-15-11-6-10(14)16-17-11/h3-6,15H,1-2H2,(H2,14,16). The fourth-order valence-electron chi connectivity index (χ4n) is 1.46. The predicted octanol–water partition coefficient (Wildman–Crippen LogP) is 2.66. The number of rotatable bonds is 4. The van der Waals surface area contributed by atoms with E-state index in [4.69, 9.17) is 5.73 Å². The van der Waals surface area contributed by atoms with Crippen LogP contribution in [0.25, 0.3) is 0 Å². The topological polar surface area (TPSA) is 50.9 Å². The molecule has 17 heavy (non-hydrogen) atoms. The van der Waals surface area contributed by atoms with Crippen LogP contribution in [0.4, 0.5) is 19.6 Å². The highest BCUT2D eigenvalue weighted by molar-refractivity contribution is 7.10. The van der Waals surface area contributed by atoms with Crippen LogP contribution in [-0.2, 0) is 6.42 Å². The monoisotopic (exact) mass is 255 g/mol. The second-order valence-corrected chi connectivity index (χ2v) is 4.38. The highest BCUT2D eigenvalue weighted by Crippen LogP contribution is 2.17. The van der Waals surface area contributed by atoms with Crippen LogP contribution in [0.2, 0.25) is 0 Å². The summed E-state index contributed by atoms with van der Waals surface area (Å²) in [6.45, 7) is 0.574. The van der Waals surface area contributed by atoms with Crippen molar-refractivity contribution in [2.45, 2.75) is 6.42 Å². The molecule has 0 radical (unpaired) electrons. The first kappa shape index (κ1) is 11.8. The van der Waals surface area contributed by atoms with Gasteiger partial charge >= 0.3 is 0 Å². The average molecular weight is 255 g/mol. The summed E-state index contributed by atoms with van der Waals surface area (Å²) in [7, 11) is 0. The van der Waals surface area contributed by atoms with Gasteiger partial charge in [0.2, 0.25) is 0 Å². The Labute approximate surface area is 101 Å². The van der Waals surface area contributed by atoms with Gasteiger partial charge in [-0.05, 0) is 35.6 Å².